The minimum absolute atomic E-state index is 0.168. The van der Waals surface area contributed by atoms with Crippen molar-refractivity contribution in [1.29, 1.82) is 0 Å². The maximum absolute atomic E-state index is 12.7. The number of hydrogen-bond acceptors (Lipinski definition) is 3. The summed E-state index contributed by atoms with van der Waals surface area (Å²) in [6.45, 7) is 1.98. The number of benzene rings is 2. The number of aliphatic carboxylic acids is 1. The van der Waals surface area contributed by atoms with Gasteiger partial charge in [-0.1, -0.05) is 30.3 Å². The van der Waals surface area contributed by atoms with Crippen LogP contribution in [0, 0.1) is 6.92 Å². The van der Waals surface area contributed by atoms with Crippen molar-refractivity contribution in [2.45, 2.75) is 19.4 Å². The summed E-state index contributed by atoms with van der Waals surface area (Å²) < 4.78 is 1.60. The molecule has 0 aliphatic heterocycles. The summed E-state index contributed by atoms with van der Waals surface area (Å²) >= 11 is 0. The van der Waals surface area contributed by atoms with Gasteiger partial charge in [0.2, 0.25) is 0 Å². The van der Waals surface area contributed by atoms with E-state index in [2.05, 4.69) is 10.4 Å². The number of rotatable bonds is 5. The molecule has 0 saturated carbocycles. The Bertz CT molecular complexity index is 946. The molecule has 1 aromatic heterocycles. The standard InChI is InChI=1S/C19H19N3O3/c1-12-5-3-7-15-14(12)6-4-8-16(15)18(23)21-17(19(24)25)11-13-9-10-20-22(13)2/h3-10,17H,11H2,1-2H3,(H,21,23)(H,24,25). The van der Waals surface area contributed by atoms with Crippen LogP contribution in [0.1, 0.15) is 21.6 Å². The number of carbonyl (C=O) groups excluding carboxylic acids is 1. The van der Waals surface area contributed by atoms with Crippen molar-refractivity contribution >= 4 is 22.6 Å². The van der Waals surface area contributed by atoms with E-state index in [1.807, 2.05) is 31.2 Å². The molecule has 128 valence electrons. The molecule has 0 saturated heterocycles. The molecule has 3 rings (SSSR count). The summed E-state index contributed by atoms with van der Waals surface area (Å²) in [5.74, 6) is -1.48. The third kappa shape index (κ3) is 3.38. The minimum atomic E-state index is -1.08. The number of carbonyl (C=O) groups is 2. The van der Waals surface area contributed by atoms with E-state index < -0.39 is 17.9 Å². The number of hydrogen-bond donors (Lipinski definition) is 2. The van der Waals surface area contributed by atoms with Crippen LogP contribution < -0.4 is 5.32 Å². The van der Waals surface area contributed by atoms with Crippen molar-refractivity contribution in [1.82, 2.24) is 15.1 Å². The third-order valence-corrected chi connectivity index (χ3v) is 4.32. The molecule has 6 nitrogen and oxygen atoms in total. The number of aryl methyl sites for hydroxylation is 2. The second-order valence-corrected chi connectivity index (χ2v) is 5.99. The normalized spacial score (nSPS) is 12.1. The number of fused-ring (bicyclic) bond motifs is 1. The van der Waals surface area contributed by atoms with Crippen molar-refractivity contribution in [2.24, 2.45) is 7.05 Å². The quantitative estimate of drug-likeness (QED) is 0.748. The molecule has 1 amide bonds. The monoisotopic (exact) mass is 337 g/mol. The molecule has 2 N–H and O–H groups in total. The molecule has 6 heteroatoms. The number of aromatic nitrogens is 2. The lowest BCUT2D eigenvalue weighted by Gasteiger charge is -2.16. The van der Waals surface area contributed by atoms with Gasteiger partial charge in [0.05, 0.1) is 0 Å². The van der Waals surface area contributed by atoms with E-state index in [4.69, 9.17) is 0 Å². The Morgan fingerprint density at radius 1 is 1.16 bits per heavy atom. The molecule has 1 unspecified atom stereocenters. The van der Waals surface area contributed by atoms with Crippen LogP contribution in [-0.4, -0.2) is 32.8 Å². The number of carboxylic acid groups (broad SMARTS) is 1. The van der Waals surface area contributed by atoms with Gasteiger partial charge >= 0.3 is 5.97 Å². The Morgan fingerprint density at radius 2 is 1.88 bits per heavy atom. The summed E-state index contributed by atoms with van der Waals surface area (Å²) in [5.41, 5.74) is 2.27. The fourth-order valence-corrected chi connectivity index (χ4v) is 2.91. The Balaban J connectivity index is 1.89. The molecule has 2 aromatic carbocycles. The Labute approximate surface area is 145 Å². The van der Waals surface area contributed by atoms with Gasteiger partial charge in [-0.15, -0.1) is 0 Å². The van der Waals surface area contributed by atoms with Crippen molar-refractivity contribution < 1.29 is 14.7 Å². The zero-order valence-corrected chi connectivity index (χ0v) is 14.1. The Hall–Kier alpha value is -3.15. The molecule has 0 aliphatic carbocycles. The summed E-state index contributed by atoms with van der Waals surface area (Å²) in [5, 5.41) is 17.9. The number of nitrogens with zero attached hydrogens (tertiary/aromatic N) is 2. The number of carboxylic acids is 1. The van der Waals surface area contributed by atoms with Gasteiger partial charge in [0.1, 0.15) is 6.04 Å². The van der Waals surface area contributed by atoms with Crippen LogP contribution in [0.25, 0.3) is 10.8 Å². The van der Waals surface area contributed by atoms with Crippen molar-refractivity contribution in [3.05, 3.63) is 65.5 Å². The molecule has 1 atom stereocenters. The van der Waals surface area contributed by atoms with Crippen LogP contribution in [0.15, 0.2) is 48.7 Å². The van der Waals surface area contributed by atoms with E-state index in [0.717, 1.165) is 22.0 Å². The average molecular weight is 337 g/mol. The highest BCUT2D eigenvalue weighted by molar-refractivity contribution is 6.08. The molecule has 0 fully saturated rings. The van der Waals surface area contributed by atoms with Gasteiger partial charge in [-0.05, 0) is 35.4 Å². The van der Waals surface area contributed by atoms with Gasteiger partial charge in [0.15, 0.2) is 0 Å². The highest BCUT2D eigenvalue weighted by Gasteiger charge is 2.23. The molecule has 0 spiro atoms. The van der Waals surface area contributed by atoms with Crippen LogP contribution in [0.3, 0.4) is 0 Å². The summed E-state index contributed by atoms with van der Waals surface area (Å²) in [6.07, 6.45) is 1.77. The third-order valence-electron chi connectivity index (χ3n) is 4.32. The van der Waals surface area contributed by atoms with Gasteiger partial charge in [-0.3, -0.25) is 9.48 Å². The number of nitrogens with one attached hydrogen (secondary N) is 1. The topological polar surface area (TPSA) is 84.2 Å². The summed E-state index contributed by atoms with van der Waals surface area (Å²) in [6, 6.07) is 11.9. The second kappa shape index (κ2) is 6.76. The average Bonchev–Trinajstić information content (AvgIpc) is 2.99. The maximum atomic E-state index is 12.7. The fraction of sp³-hybridized carbons (Fsp3) is 0.211. The van der Waals surface area contributed by atoms with Crippen LogP contribution >= 0.6 is 0 Å². The van der Waals surface area contributed by atoms with Crippen molar-refractivity contribution in [3.63, 3.8) is 0 Å². The SMILES string of the molecule is Cc1cccc2c(C(=O)NC(Cc3ccnn3C)C(=O)O)cccc12. The lowest BCUT2D eigenvalue weighted by molar-refractivity contribution is -0.139. The first-order chi connectivity index (χ1) is 12.0. The number of amides is 1. The van der Waals surface area contributed by atoms with Gasteiger partial charge in [0.25, 0.3) is 5.91 Å². The molecule has 0 aliphatic rings. The van der Waals surface area contributed by atoms with E-state index in [0.29, 0.717) is 5.56 Å². The lowest BCUT2D eigenvalue weighted by Crippen LogP contribution is -2.42. The van der Waals surface area contributed by atoms with Crippen molar-refractivity contribution in [3.8, 4) is 0 Å². The summed E-state index contributed by atoms with van der Waals surface area (Å²) in [7, 11) is 1.74. The van der Waals surface area contributed by atoms with E-state index in [9.17, 15) is 14.7 Å². The molecular formula is C19H19N3O3. The van der Waals surface area contributed by atoms with Gasteiger partial charge in [-0.25, -0.2) is 4.79 Å². The Kier molecular flexibility index (Phi) is 4.52. The van der Waals surface area contributed by atoms with Crippen LogP contribution in [0.5, 0.6) is 0 Å². The molecule has 1 heterocycles. The summed E-state index contributed by atoms with van der Waals surface area (Å²) in [4.78, 5) is 24.3. The van der Waals surface area contributed by atoms with E-state index in [-0.39, 0.29) is 6.42 Å². The van der Waals surface area contributed by atoms with Gasteiger partial charge in [0, 0.05) is 30.9 Å². The van der Waals surface area contributed by atoms with Crippen LogP contribution in [0.4, 0.5) is 0 Å². The predicted molar refractivity (Wildman–Crippen MR) is 94.5 cm³/mol. The molecule has 25 heavy (non-hydrogen) atoms. The van der Waals surface area contributed by atoms with Gasteiger partial charge in [-0.2, -0.15) is 5.10 Å². The first-order valence-electron chi connectivity index (χ1n) is 7.96. The highest BCUT2D eigenvalue weighted by Crippen LogP contribution is 2.22. The predicted octanol–water partition coefficient (Wildman–Crippen LogP) is 2.31. The first-order valence-corrected chi connectivity index (χ1v) is 7.96. The van der Waals surface area contributed by atoms with Gasteiger partial charge < -0.3 is 10.4 Å². The van der Waals surface area contributed by atoms with E-state index in [1.165, 1.54) is 0 Å². The van der Waals surface area contributed by atoms with E-state index >= 15 is 0 Å². The zero-order chi connectivity index (χ0) is 18.0. The highest BCUT2D eigenvalue weighted by atomic mass is 16.4. The largest absolute Gasteiger partial charge is 0.480 e. The smallest absolute Gasteiger partial charge is 0.326 e. The Morgan fingerprint density at radius 3 is 2.56 bits per heavy atom. The van der Waals surface area contributed by atoms with Crippen molar-refractivity contribution in [2.75, 3.05) is 0 Å². The maximum Gasteiger partial charge on any atom is 0.326 e. The molecule has 0 radical (unpaired) electrons. The molecule has 3 aromatic rings. The van der Waals surface area contributed by atoms with Crippen LogP contribution in [-0.2, 0) is 18.3 Å². The fourth-order valence-electron chi connectivity index (χ4n) is 2.91. The first kappa shape index (κ1) is 16.7. The second-order valence-electron chi connectivity index (χ2n) is 5.99. The molecular weight excluding hydrogens is 318 g/mol. The van der Waals surface area contributed by atoms with Crippen LogP contribution in [0.2, 0.25) is 0 Å². The minimum Gasteiger partial charge on any atom is -0.480 e. The zero-order valence-electron chi connectivity index (χ0n) is 14.1. The van der Waals surface area contributed by atoms with E-state index in [1.54, 1.807) is 36.1 Å². The lowest BCUT2D eigenvalue weighted by atomic mass is 10.00. The molecule has 0 bridgehead atoms.